The van der Waals surface area contributed by atoms with Crippen molar-refractivity contribution < 1.29 is 18.7 Å². The van der Waals surface area contributed by atoms with E-state index in [4.69, 9.17) is 10.5 Å². The van der Waals surface area contributed by atoms with Gasteiger partial charge >= 0.3 is 0 Å². The van der Waals surface area contributed by atoms with Crippen LogP contribution in [0.1, 0.15) is 34.3 Å². The molecule has 0 radical (unpaired) electrons. The van der Waals surface area contributed by atoms with E-state index in [-0.39, 0.29) is 30.2 Å². The standard InChI is InChI=1S/C27H28FN3O3/c28-23-10-6-20(7-11-23)18-34-25-5-1-3-21(15-25)27(33)30-24-12-8-19(9-13-24)16-31-14-2-4-22(17-31)26(29)32/h1,3,5-13,15,22H,2,4,14,16-18H2,(H2,29,32)(H,30,33). The molecular formula is C27H28FN3O3. The normalized spacial score (nSPS) is 16.1. The third-order valence-corrected chi connectivity index (χ3v) is 5.94. The molecule has 1 heterocycles. The average molecular weight is 462 g/mol. The van der Waals surface area contributed by atoms with Crippen LogP contribution >= 0.6 is 0 Å². The summed E-state index contributed by atoms with van der Waals surface area (Å²) in [6.45, 7) is 2.66. The van der Waals surface area contributed by atoms with Gasteiger partial charge < -0.3 is 15.8 Å². The van der Waals surface area contributed by atoms with Crippen molar-refractivity contribution in [1.82, 2.24) is 4.90 Å². The number of primary amides is 1. The first-order valence-corrected chi connectivity index (χ1v) is 11.4. The number of carbonyl (C=O) groups excluding carboxylic acids is 2. The van der Waals surface area contributed by atoms with Crippen molar-refractivity contribution in [2.75, 3.05) is 18.4 Å². The number of ether oxygens (including phenoxy) is 1. The van der Waals surface area contributed by atoms with Gasteiger partial charge in [-0.3, -0.25) is 14.5 Å². The Labute approximate surface area is 198 Å². The second kappa shape index (κ2) is 10.9. The molecule has 34 heavy (non-hydrogen) atoms. The topological polar surface area (TPSA) is 84.7 Å². The Morgan fingerprint density at radius 2 is 1.76 bits per heavy atom. The van der Waals surface area contributed by atoms with Crippen LogP contribution in [0.2, 0.25) is 0 Å². The van der Waals surface area contributed by atoms with Gasteiger partial charge in [0.25, 0.3) is 5.91 Å². The van der Waals surface area contributed by atoms with Gasteiger partial charge in [-0.2, -0.15) is 0 Å². The lowest BCUT2D eigenvalue weighted by Gasteiger charge is -2.31. The van der Waals surface area contributed by atoms with Crippen LogP contribution in [0.15, 0.2) is 72.8 Å². The van der Waals surface area contributed by atoms with Gasteiger partial charge in [-0.05, 0) is 73.0 Å². The molecule has 1 atom stereocenters. The summed E-state index contributed by atoms with van der Waals surface area (Å²) >= 11 is 0. The number of hydrogen-bond donors (Lipinski definition) is 2. The molecule has 3 N–H and O–H groups in total. The maximum atomic E-state index is 13.0. The molecule has 0 saturated carbocycles. The van der Waals surface area contributed by atoms with Gasteiger partial charge in [0.05, 0.1) is 5.92 Å². The molecule has 1 saturated heterocycles. The fourth-order valence-electron chi connectivity index (χ4n) is 4.06. The summed E-state index contributed by atoms with van der Waals surface area (Å²) in [4.78, 5) is 26.4. The zero-order valence-electron chi connectivity index (χ0n) is 18.9. The van der Waals surface area contributed by atoms with Crippen molar-refractivity contribution in [3.8, 4) is 5.75 Å². The molecule has 7 heteroatoms. The van der Waals surface area contributed by atoms with E-state index in [0.29, 0.717) is 23.5 Å². The third-order valence-electron chi connectivity index (χ3n) is 5.94. The molecule has 3 aromatic rings. The molecule has 0 aliphatic carbocycles. The number of halogens is 1. The number of likely N-dealkylation sites (tertiary alicyclic amines) is 1. The van der Waals surface area contributed by atoms with Crippen molar-refractivity contribution in [3.05, 3.63) is 95.3 Å². The maximum absolute atomic E-state index is 13.0. The first-order chi connectivity index (χ1) is 16.5. The third kappa shape index (κ3) is 6.42. The Kier molecular flexibility index (Phi) is 7.54. The van der Waals surface area contributed by atoms with Crippen molar-refractivity contribution in [2.45, 2.75) is 26.0 Å². The summed E-state index contributed by atoms with van der Waals surface area (Å²) in [7, 11) is 0. The summed E-state index contributed by atoms with van der Waals surface area (Å²) in [6.07, 6.45) is 1.82. The highest BCUT2D eigenvalue weighted by molar-refractivity contribution is 6.04. The molecule has 3 aromatic carbocycles. The molecule has 1 unspecified atom stereocenters. The zero-order valence-corrected chi connectivity index (χ0v) is 18.9. The Hall–Kier alpha value is -3.71. The zero-order chi connectivity index (χ0) is 23.9. The molecule has 1 aliphatic heterocycles. The van der Waals surface area contributed by atoms with E-state index >= 15 is 0 Å². The molecule has 1 fully saturated rings. The fourth-order valence-corrected chi connectivity index (χ4v) is 4.06. The second-order valence-electron chi connectivity index (χ2n) is 8.57. The summed E-state index contributed by atoms with van der Waals surface area (Å²) in [5.41, 5.74) is 8.59. The molecule has 4 rings (SSSR count). The average Bonchev–Trinajstić information content (AvgIpc) is 2.85. The first-order valence-electron chi connectivity index (χ1n) is 11.4. The van der Waals surface area contributed by atoms with E-state index in [0.717, 1.165) is 37.1 Å². The lowest BCUT2D eigenvalue weighted by Crippen LogP contribution is -2.40. The maximum Gasteiger partial charge on any atom is 0.255 e. The minimum atomic E-state index is -0.293. The van der Waals surface area contributed by atoms with Crippen molar-refractivity contribution in [3.63, 3.8) is 0 Å². The lowest BCUT2D eigenvalue weighted by molar-refractivity contribution is -0.123. The van der Waals surface area contributed by atoms with Crippen molar-refractivity contribution in [1.29, 1.82) is 0 Å². The van der Waals surface area contributed by atoms with Crippen LogP contribution in [0.4, 0.5) is 10.1 Å². The van der Waals surface area contributed by atoms with Crippen LogP contribution in [-0.2, 0) is 17.9 Å². The predicted molar refractivity (Wildman–Crippen MR) is 129 cm³/mol. The quantitative estimate of drug-likeness (QED) is 0.522. The number of hydrogen-bond acceptors (Lipinski definition) is 4. The monoisotopic (exact) mass is 461 g/mol. The lowest BCUT2D eigenvalue weighted by atomic mass is 9.97. The molecule has 176 valence electrons. The minimum Gasteiger partial charge on any atom is -0.489 e. The second-order valence-corrected chi connectivity index (χ2v) is 8.57. The first kappa shape index (κ1) is 23.4. The SMILES string of the molecule is NC(=O)C1CCCN(Cc2ccc(NC(=O)c3cccc(OCc4ccc(F)cc4)c3)cc2)C1. The molecule has 0 aromatic heterocycles. The Balaban J connectivity index is 1.31. The number of nitrogens with two attached hydrogens (primary N) is 1. The van der Waals surface area contributed by atoms with E-state index in [1.807, 2.05) is 24.3 Å². The smallest absolute Gasteiger partial charge is 0.255 e. The Morgan fingerprint density at radius 1 is 1.03 bits per heavy atom. The van der Waals surface area contributed by atoms with Crippen LogP contribution < -0.4 is 15.8 Å². The summed E-state index contributed by atoms with van der Waals surface area (Å²) < 4.78 is 18.8. The van der Waals surface area contributed by atoms with Gasteiger partial charge in [-0.15, -0.1) is 0 Å². The van der Waals surface area contributed by atoms with E-state index in [1.54, 1.807) is 36.4 Å². The highest BCUT2D eigenvalue weighted by Crippen LogP contribution is 2.20. The molecular weight excluding hydrogens is 433 g/mol. The van der Waals surface area contributed by atoms with Gasteiger partial charge in [0.15, 0.2) is 0 Å². The van der Waals surface area contributed by atoms with Crippen molar-refractivity contribution in [2.24, 2.45) is 11.7 Å². The Morgan fingerprint density at radius 3 is 2.50 bits per heavy atom. The highest BCUT2D eigenvalue weighted by Gasteiger charge is 2.23. The highest BCUT2D eigenvalue weighted by atomic mass is 19.1. The molecule has 1 aliphatic rings. The van der Waals surface area contributed by atoms with Gasteiger partial charge in [0.2, 0.25) is 5.91 Å². The largest absolute Gasteiger partial charge is 0.489 e. The van der Waals surface area contributed by atoms with Crippen LogP contribution in [0.3, 0.4) is 0 Å². The Bertz CT molecular complexity index is 1130. The number of amides is 2. The van der Waals surface area contributed by atoms with E-state index < -0.39 is 0 Å². The number of piperidine rings is 1. The number of rotatable bonds is 8. The minimum absolute atomic E-state index is 0.0808. The van der Waals surface area contributed by atoms with Crippen LogP contribution in [0.25, 0.3) is 0 Å². The number of carbonyl (C=O) groups is 2. The summed E-state index contributed by atoms with van der Waals surface area (Å²) in [6, 6.07) is 20.7. The summed E-state index contributed by atoms with van der Waals surface area (Å²) in [5, 5.41) is 2.91. The van der Waals surface area contributed by atoms with Gasteiger partial charge in [0.1, 0.15) is 18.2 Å². The predicted octanol–water partition coefficient (Wildman–Crippen LogP) is 4.35. The molecule has 2 amide bonds. The van der Waals surface area contributed by atoms with Crippen LogP contribution in [-0.4, -0.2) is 29.8 Å². The van der Waals surface area contributed by atoms with Gasteiger partial charge in [-0.25, -0.2) is 4.39 Å². The van der Waals surface area contributed by atoms with E-state index in [2.05, 4.69) is 10.2 Å². The van der Waals surface area contributed by atoms with E-state index in [9.17, 15) is 14.0 Å². The molecule has 0 bridgehead atoms. The number of benzene rings is 3. The summed E-state index contributed by atoms with van der Waals surface area (Å²) in [5.74, 6) is -0.280. The molecule has 6 nitrogen and oxygen atoms in total. The number of nitrogens with one attached hydrogen (secondary N) is 1. The number of anilines is 1. The van der Waals surface area contributed by atoms with Crippen molar-refractivity contribution >= 4 is 17.5 Å². The van der Waals surface area contributed by atoms with Crippen LogP contribution in [0, 0.1) is 11.7 Å². The van der Waals surface area contributed by atoms with Crippen LogP contribution in [0.5, 0.6) is 5.75 Å². The number of nitrogens with zero attached hydrogens (tertiary/aromatic N) is 1. The van der Waals surface area contributed by atoms with E-state index in [1.165, 1.54) is 12.1 Å². The molecule has 0 spiro atoms. The van der Waals surface area contributed by atoms with Gasteiger partial charge in [-0.1, -0.05) is 30.3 Å². The fraction of sp³-hybridized carbons (Fsp3) is 0.259. The van der Waals surface area contributed by atoms with Gasteiger partial charge in [0, 0.05) is 24.3 Å².